The lowest BCUT2D eigenvalue weighted by molar-refractivity contribution is -0.119. The van der Waals surface area contributed by atoms with Gasteiger partial charge in [0, 0.05) is 19.6 Å². The van der Waals surface area contributed by atoms with Gasteiger partial charge in [0.25, 0.3) is 5.91 Å². The van der Waals surface area contributed by atoms with Crippen LogP contribution in [0.4, 0.5) is 11.6 Å². The second-order valence-electron chi connectivity index (χ2n) is 12.7. The van der Waals surface area contributed by atoms with E-state index in [4.69, 9.17) is 38.6 Å². The minimum absolute atomic E-state index is 0. The number of nitrogens with one attached hydrogen (secondary N) is 1. The molecule has 15 nitrogen and oxygen atoms in total. The Morgan fingerprint density at radius 2 is 1.52 bits per heavy atom. The summed E-state index contributed by atoms with van der Waals surface area (Å²) in [6.07, 6.45) is -2.37. The summed E-state index contributed by atoms with van der Waals surface area (Å²) in [6.45, 7) is 0.997. The fourth-order valence-corrected chi connectivity index (χ4v) is 5.77. The molecule has 1 heterocycles. The second-order valence-corrected chi connectivity index (χ2v) is 13.0. The summed E-state index contributed by atoms with van der Waals surface area (Å²) in [5, 5.41) is 54.7. The third kappa shape index (κ3) is 13.5. The number of aliphatic imine (C=N–C) groups is 1. The van der Waals surface area contributed by atoms with E-state index in [1.54, 1.807) is 0 Å². The van der Waals surface area contributed by atoms with Crippen LogP contribution in [0.2, 0.25) is 5.15 Å². The third-order valence-corrected chi connectivity index (χ3v) is 8.92. The number of rotatable bonds is 20. The van der Waals surface area contributed by atoms with E-state index in [0.29, 0.717) is 32.0 Å². The first-order valence-electron chi connectivity index (χ1n) is 17.4. The van der Waals surface area contributed by atoms with E-state index in [9.17, 15) is 25.2 Å². The molecule has 0 saturated carbocycles. The van der Waals surface area contributed by atoms with E-state index in [2.05, 4.69) is 50.6 Å². The lowest BCUT2D eigenvalue weighted by Gasteiger charge is -2.30. The Hall–Kier alpha value is -4.32. The van der Waals surface area contributed by atoms with E-state index in [1.807, 2.05) is 41.3 Å². The molecule has 0 aliphatic carbocycles. The number of nitrogens with zero attached hydrogens (tertiary/aromatic N) is 4. The lowest BCUT2D eigenvalue weighted by atomic mass is 10.0. The highest BCUT2D eigenvalue weighted by Crippen LogP contribution is 2.19. The predicted octanol–water partition coefficient (Wildman–Crippen LogP) is 1.69. The molecule has 0 radical (unpaired) electrons. The number of nitrogens with two attached hydrogens (primary N) is 3. The zero-order valence-electron chi connectivity index (χ0n) is 29.8. The molecule has 17 heteroatoms. The van der Waals surface area contributed by atoms with Gasteiger partial charge in [-0.05, 0) is 72.7 Å². The predicted molar refractivity (Wildman–Crippen MR) is 212 cm³/mol. The molecule has 4 aromatic rings. The van der Waals surface area contributed by atoms with Crippen LogP contribution in [0.15, 0.2) is 71.7 Å². The number of amides is 1. The van der Waals surface area contributed by atoms with Gasteiger partial charge in [-0.2, -0.15) is 0 Å². The molecule has 1 aromatic heterocycles. The molecular weight excluding hydrogens is 739 g/mol. The number of anilines is 2. The van der Waals surface area contributed by atoms with E-state index in [0.717, 1.165) is 37.7 Å². The molecule has 4 atom stereocenters. The zero-order valence-corrected chi connectivity index (χ0v) is 31.4. The number of carbonyl (C=O) groups is 1. The number of hydrogen-bond donors (Lipinski definition) is 9. The number of aromatic nitrogens is 2. The number of guanidine groups is 1. The van der Waals surface area contributed by atoms with Gasteiger partial charge < -0.3 is 47.5 Å². The van der Waals surface area contributed by atoms with Crippen LogP contribution < -0.4 is 27.3 Å². The average molecular weight is 790 g/mol. The van der Waals surface area contributed by atoms with Gasteiger partial charge in [0.1, 0.15) is 30.7 Å². The maximum atomic E-state index is 12.4. The normalized spacial score (nSPS) is 13.9. The van der Waals surface area contributed by atoms with Crippen molar-refractivity contribution in [2.75, 3.05) is 50.9 Å². The SMILES string of the molecule is Cl.NC(=NCCCCc1ccc(OCCN(CCCc2ccc3ccccc3c2)C[C@H](O)[C@@H](O)[C@H](O)[C@H](O)CO)cc1)NC(=O)c1nc(Cl)c(N)nc1N. The number of halogens is 2. The molecule has 0 bridgehead atoms. The highest BCUT2D eigenvalue weighted by Gasteiger charge is 2.31. The molecule has 1 amide bonds. The Kier molecular flexibility index (Phi) is 18.1. The number of carbonyl (C=O) groups excluding carboxylic acids is 1. The van der Waals surface area contributed by atoms with Crippen LogP contribution in [0, 0.1) is 0 Å². The van der Waals surface area contributed by atoms with Crippen LogP contribution in [-0.4, -0.2) is 116 Å². The number of benzene rings is 3. The number of nitrogen functional groups attached to an aromatic ring is 2. The number of aryl methyl sites for hydroxylation is 2. The number of fused-ring (bicyclic) bond motifs is 1. The smallest absolute Gasteiger partial charge is 0.280 e. The van der Waals surface area contributed by atoms with E-state index < -0.39 is 36.9 Å². The van der Waals surface area contributed by atoms with Gasteiger partial charge in [-0.3, -0.25) is 20.0 Å². The largest absolute Gasteiger partial charge is 0.492 e. The molecule has 0 unspecified atom stereocenters. The van der Waals surface area contributed by atoms with Gasteiger partial charge in [0.2, 0.25) is 0 Å². The monoisotopic (exact) mass is 788 g/mol. The van der Waals surface area contributed by atoms with E-state index in [-0.39, 0.29) is 47.4 Å². The van der Waals surface area contributed by atoms with Gasteiger partial charge in [-0.25, -0.2) is 9.97 Å². The molecule has 0 aliphatic rings. The van der Waals surface area contributed by atoms with Crippen molar-refractivity contribution < 1.29 is 35.1 Å². The van der Waals surface area contributed by atoms with E-state index >= 15 is 0 Å². The van der Waals surface area contributed by atoms with Crippen molar-refractivity contribution in [1.82, 2.24) is 20.2 Å². The standard InChI is InChI=1S/C37H49ClN8O7.ClH/c38-33-35(40)44-34(39)30(43-33)36(52)45-37(41)42-16-4-3-6-23-11-14-27(15-12-23)53-19-18-46(21-28(48)31(50)32(51)29(49)22-47)17-5-7-24-10-13-25-8-1-2-9-26(25)20-24;/h1-2,8-15,20,28-29,31-32,47-51H,3-7,16-19,21-22H2,(H4,39,40,44)(H3,41,42,45,52);1H/t28-,29+,31+,32+;/m0./s1. The maximum Gasteiger partial charge on any atom is 0.280 e. The summed E-state index contributed by atoms with van der Waals surface area (Å²) < 4.78 is 6.00. The molecule has 0 saturated heterocycles. The van der Waals surface area contributed by atoms with Crippen molar-refractivity contribution in [3.05, 3.63) is 88.7 Å². The molecule has 0 fully saturated rings. The Labute approximate surface area is 325 Å². The first-order chi connectivity index (χ1) is 25.4. The van der Waals surface area contributed by atoms with Crippen molar-refractivity contribution in [2.45, 2.75) is 56.5 Å². The van der Waals surface area contributed by atoms with Crippen LogP contribution >= 0.6 is 24.0 Å². The van der Waals surface area contributed by atoms with Gasteiger partial charge in [0.05, 0.1) is 12.7 Å². The Balaban J connectivity index is 0.00000784. The summed E-state index contributed by atoms with van der Waals surface area (Å²) in [6, 6.07) is 22.3. The molecule has 4 rings (SSSR count). The molecule has 0 spiro atoms. The molecule has 294 valence electrons. The molecule has 0 aliphatic heterocycles. The highest BCUT2D eigenvalue weighted by atomic mass is 35.5. The van der Waals surface area contributed by atoms with Crippen LogP contribution in [-0.2, 0) is 12.8 Å². The van der Waals surface area contributed by atoms with Crippen molar-refractivity contribution in [3.63, 3.8) is 0 Å². The average Bonchev–Trinajstić information content (AvgIpc) is 3.15. The minimum atomic E-state index is -1.69. The number of aliphatic hydroxyl groups excluding tert-OH is 5. The summed E-state index contributed by atoms with van der Waals surface area (Å²) in [5.74, 6) is -0.370. The quantitative estimate of drug-likeness (QED) is 0.0351. The first kappa shape index (κ1) is 44.1. The highest BCUT2D eigenvalue weighted by molar-refractivity contribution is 6.31. The fourth-order valence-electron chi connectivity index (χ4n) is 5.64. The number of aliphatic hydroxyl groups is 5. The van der Waals surface area contributed by atoms with Crippen molar-refractivity contribution in [1.29, 1.82) is 0 Å². The van der Waals surface area contributed by atoms with Crippen molar-refractivity contribution in [3.8, 4) is 5.75 Å². The summed E-state index contributed by atoms with van der Waals surface area (Å²) in [4.78, 5) is 26.1. The molecule has 3 aromatic carbocycles. The summed E-state index contributed by atoms with van der Waals surface area (Å²) >= 11 is 5.83. The molecular formula is C37H50Cl2N8O7. The fraction of sp³-hybridized carbons (Fsp3) is 0.405. The number of hydrogen-bond acceptors (Lipinski definition) is 13. The van der Waals surface area contributed by atoms with Gasteiger partial charge >= 0.3 is 0 Å². The van der Waals surface area contributed by atoms with Crippen LogP contribution in [0.25, 0.3) is 10.8 Å². The Morgan fingerprint density at radius 3 is 2.24 bits per heavy atom. The second kappa shape index (κ2) is 22.2. The Morgan fingerprint density at radius 1 is 0.852 bits per heavy atom. The topological polar surface area (TPSA) is 259 Å². The van der Waals surface area contributed by atoms with Crippen molar-refractivity contribution >= 4 is 58.3 Å². The van der Waals surface area contributed by atoms with Gasteiger partial charge in [-0.1, -0.05) is 66.2 Å². The van der Waals surface area contributed by atoms with Crippen molar-refractivity contribution in [2.24, 2.45) is 10.7 Å². The van der Waals surface area contributed by atoms with Crippen LogP contribution in [0.3, 0.4) is 0 Å². The summed E-state index contributed by atoms with van der Waals surface area (Å²) in [7, 11) is 0. The van der Waals surface area contributed by atoms with Crippen LogP contribution in [0.1, 0.15) is 40.9 Å². The number of unbranched alkanes of at least 4 members (excludes halogenated alkanes) is 1. The maximum absolute atomic E-state index is 12.4. The minimum Gasteiger partial charge on any atom is -0.492 e. The summed E-state index contributed by atoms with van der Waals surface area (Å²) in [5.41, 5.74) is 19.2. The molecule has 54 heavy (non-hydrogen) atoms. The lowest BCUT2D eigenvalue weighted by Crippen LogP contribution is -2.50. The third-order valence-electron chi connectivity index (χ3n) is 8.64. The van der Waals surface area contributed by atoms with E-state index in [1.165, 1.54) is 16.3 Å². The zero-order chi connectivity index (χ0) is 38.3. The molecule has 12 N–H and O–H groups in total. The Bertz CT molecular complexity index is 1800. The van der Waals surface area contributed by atoms with Gasteiger partial charge in [0.15, 0.2) is 28.4 Å². The number of ether oxygens (including phenoxy) is 1. The van der Waals surface area contributed by atoms with Crippen LogP contribution in [0.5, 0.6) is 5.75 Å². The van der Waals surface area contributed by atoms with Gasteiger partial charge in [-0.15, -0.1) is 12.4 Å². The first-order valence-corrected chi connectivity index (χ1v) is 17.8.